The zero-order valence-electron chi connectivity index (χ0n) is 14.0. The van der Waals surface area contributed by atoms with Crippen LogP contribution in [0.1, 0.15) is 5.56 Å². The Morgan fingerprint density at radius 2 is 2.04 bits per heavy atom. The zero-order valence-corrected chi connectivity index (χ0v) is 15.6. The first-order valence-corrected chi connectivity index (χ1v) is 8.55. The topological polar surface area (TPSA) is 60.0 Å². The van der Waals surface area contributed by atoms with E-state index in [1.807, 2.05) is 30.1 Å². The van der Waals surface area contributed by atoms with E-state index in [1.54, 1.807) is 25.3 Å². The lowest BCUT2D eigenvalue weighted by Gasteiger charge is -2.18. The molecule has 7 heteroatoms. The molecular weight excluding hydrogens is 388 g/mol. The number of carbonyl (C=O) groups excluding carboxylic acids is 1. The largest absolute Gasteiger partial charge is 0.496 e. The average Bonchev–Trinajstić information content (AvgIpc) is 3.02. The summed E-state index contributed by atoms with van der Waals surface area (Å²) in [6.07, 6.45) is 0. The SMILES string of the molecule is COc1ccc(Br)cc1CN(C)CC(=O)Nc1ccc2c(c1)OCO2. The highest BCUT2D eigenvalue weighted by Crippen LogP contribution is 2.34. The molecule has 1 aliphatic rings. The van der Waals surface area contributed by atoms with E-state index in [-0.39, 0.29) is 19.2 Å². The van der Waals surface area contributed by atoms with E-state index in [0.29, 0.717) is 23.7 Å². The van der Waals surface area contributed by atoms with Gasteiger partial charge < -0.3 is 19.5 Å². The molecule has 132 valence electrons. The Morgan fingerprint density at radius 1 is 1.24 bits per heavy atom. The lowest BCUT2D eigenvalue weighted by atomic mass is 10.2. The summed E-state index contributed by atoms with van der Waals surface area (Å²) in [7, 11) is 3.53. The Bertz CT molecular complexity index is 782. The van der Waals surface area contributed by atoms with Crippen molar-refractivity contribution in [3.63, 3.8) is 0 Å². The maximum atomic E-state index is 12.3. The number of likely N-dealkylation sites (N-methyl/N-ethyl adjacent to an activating group) is 1. The summed E-state index contributed by atoms with van der Waals surface area (Å²) in [6, 6.07) is 11.2. The molecular formula is C18H19BrN2O4. The van der Waals surface area contributed by atoms with E-state index >= 15 is 0 Å². The van der Waals surface area contributed by atoms with Crippen LogP contribution in [0.5, 0.6) is 17.2 Å². The maximum absolute atomic E-state index is 12.3. The van der Waals surface area contributed by atoms with Gasteiger partial charge >= 0.3 is 0 Å². The minimum absolute atomic E-state index is 0.102. The average molecular weight is 407 g/mol. The molecule has 3 rings (SSSR count). The lowest BCUT2D eigenvalue weighted by molar-refractivity contribution is -0.117. The summed E-state index contributed by atoms with van der Waals surface area (Å²) in [5.74, 6) is 2.03. The van der Waals surface area contributed by atoms with Gasteiger partial charge in [0.1, 0.15) is 5.75 Å². The first kappa shape index (κ1) is 17.6. The van der Waals surface area contributed by atoms with Gasteiger partial charge in [0.25, 0.3) is 0 Å². The van der Waals surface area contributed by atoms with Crippen LogP contribution in [0.2, 0.25) is 0 Å². The number of hydrogen-bond donors (Lipinski definition) is 1. The zero-order chi connectivity index (χ0) is 17.8. The van der Waals surface area contributed by atoms with Crippen molar-refractivity contribution in [2.24, 2.45) is 0 Å². The maximum Gasteiger partial charge on any atom is 0.238 e. The van der Waals surface area contributed by atoms with E-state index in [2.05, 4.69) is 21.2 Å². The van der Waals surface area contributed by atoms with E-state index in [0.717, 1.165) is 15.8 Å². The van der Waals surface area contributed by atoms with Gasteiger partial charge in [-0.2, -0.15) is 0 Å². The highest BCUT2D eigenvalue weighted by molar-refractivity contribution is 9.10. The number of nitrogens with zero attached hydrogens (tertiary/aromatic N) is 1. The molecule has 0 bridgehead atoms. The van der Waals surface area contributed by atoms with Gasteiger partial charge in [0.05, 0.1) is 13.7 Å². The van der Waals surface area contributed by atoms with Crippen LogP contribution in [-0.2, 0) is 11.3 Å². The molecule has 0 spiro atoms. The number of methoxy groups -OCH3 is 1. The Hall–Kier alpha value is -2.25. The fourth-order valence-electron chi connectivity index (χ4n) is 2.64. The Balaban J connectivity index is 1.58. The van der Waals surface area contributed by atoms with Crippen LogP contribution in [0.4, 0.5) is 5.69 Å². The molecule has 6 nitrogen and oxygen atoms in total. The van der Waals surface area contributed by atoms with Gasteiger partial charge in [0.15, 0.2) is 11.5 Å². The number of amides is 1. The smallest absolute Gasteiger partial charge is 0.238 e. The number of nitrogens with one attached hydrogen (secondary N) is 1. The van der Waals surface area contributed by atoms with Gasteiger partial charge in [-0.25, -0.2) is 0 Å². The van der Waals surface area contributed by atoms with Crippen LogP contribution < -0.4 is 19.5 Å². The molecule has 0 saturated carbocycles. The fraction of sp³-hybridized carbons (Fsp3) is 0.278. The minimum Gasteiger partial charge on any atom is -0.496 e. The number of rotatable bonds is 6. The highest BCUT2D eigenvalue weighted by atomic mass is 79.9. The van der Waals surface area contributed by atoms with Crippen molar-refractivity contribution in [3.8, 4) is 17.2 Å². The summed E-state index contributed by atoms with van der Waals surface area (Å²) in [4.78, 5) is 14.2. The van der Waals surface area contributed by atoms with Crippen LogP contribution in [0.3, 0.4) is 0 Å². The molecule has 1 heterocycles. The van der Waals surface area contributed by atoms with Crippen molar-refractivity contribution in [3.05, 3.63) is 46.4 Å². The first-order chi connectivity index (χ1) is 12.0. The van der Waals surface area contributed by atoms with Crippen LogP contribution in [0.15, 0.2) is 40.9 Å². The van der Waals surface area contributed by atoms with Gasteiger partial charge in [-0.3, -0.25) is 9.69 Å². The van der Waals surface area contributed by atoms with Crippen molar-refractivity contribution >= 4 is 27.5 Å². The molecule has 0 fully saturated rings. The molecule has 0 unspecified atom stereocenters. The van der Waals surface area contributed by atoms with E-state index in [1.165, 1.54) is 0 Å². The van der Waals surface area contributed by atoms with E-state index < -0.39 is 0 Å². The Kier molecular flexibility index (Phi) is 5.45. The second-order valence-electron chi connectivity index (χ2n) is 5.74. The molecule has 0 aromatic heterocycles. The molecule has 0 atom stereocenters. The second kappa shape index (κ2) is 7.76. The monoisotopic (exact) mass is 406 g/mol. The van der Waals surface area contributed by atoms with Gasteiger partial charge in [0, 0.05) is 28.3 Å². The van der Waals surface area contributed by atoms with Crippen LogP contribution in [0.25, 0.3) is 0 Å². The summed E-state index contributed by atoms with van der Waals surface area (Å²) < 4.78 is 16.9. The number of halogens is 1. The molecule has 25 heavy (non-hydrogen) atoms. The molecule has 2 aromatic carbocycles. The normalized spacial score (nSPS) is 12.3. The number of anilines is 1. The number of fused-ring (bicyclic) bond motifs is 1. The second-order valence-corrected chi connectivity index (χ2v) is 6.66. The molecule has 1 amide bonds. The van der Waals surface area contributed by atoms with Crippen molar-refractivity contribution in [1.82, 2.24) is 4.90 Å². The Labute approximate surface area is 154 Å². The molecule has 0 aliphatic carbocycles. The number of hydrogen-bond acceptors (Lipinski definition) is 5. The number of ether oxygens (including phenoxy) is 3. The summed E-state index contributed by atoms with van der Waals surface area (Å²) in [5, 5.41) is 2.87. The van der Waals surface area contributed by atoms with Crippen molar-refractivity contribution in [2.45, 2.75) is 6.54 Å². The van der Waals surface area contributed by atoms with Crippen LogP contribution in [-0.4, -0.2) is 38.3 Å². The molecule has 2 aromatic rings. The molecule has 0 radical (unpaired) electrons. The van der Waals surface area contributed by atoms with Crippen LogP contribution >= 0.6 is 15.9 Å². The third-order valence-electron chi connectivity index (χ3n) is 3.75. The molecule has 0 saturated heterocycles. The fourth-order valence-corrected chi connectivity index (χ4v) is 3.05. The van der Waals surface area contributed by atoms with Gasteiger partial charge in [-0.15, -0.1) is 0 Å². The van der Waals surface area contributed by atoms with E-state index in [9.17, 15) is 4.79 Å². The van der Waals surface area contributed by atoms with Crippen molar-refractivity contribution in [1.29, 1.82) is 0 Å². The Morgan fingerprint density at radius 3 is 2.84 bits per heavy atom. The van der Waals surface area contributed by atoms with E-state index in [4.69, 9.17) is 14.2 Å². The number of benzene rings is 2. The van der Waals surface area contributed by atoms with Crippen LogP contribution in [0, 0.1) is 0 Å². The first-order valence-electron chi connectivity index (χ1n) is 7.75. The standard InChI is InChI=1S/C18H19BrN2O4/c1-21(9-12-7-13(19)3-5-15(12)23-2)10-18(22)20-14-4-6-16-17(8-14)25-11-24-16/h3-8H,9-11H2,1-2H3,(H,20,22). The van der Waals surface area contributed by atoms with Gasteiger partial charge in [-0.05, 0) is 37.4 Å². The van der Waals surface area contributed by atoms with Crippen molar-refractivity contribution in [2.75, 3.05) is 32.8 Å². The minimum atomic E-state index is -0.102. The molecule has 1 N–H and O–H groups in total. The summed E-state index contributed by atoms with van der Waals surface area (Å²) >= 11 is 3.46. The van der Waals surface area contributed by atoms with Gasteiger partial charge in [0.2, 0.25) is 12.7 Å². The third-order valence-corrected chi connectivity index (χ3v) is 4.25. The van der Waals surface area contributed by atoms with Crippen molar-refractivity contribution < 1.29 is 19.0 Å². The predicted molar refractivity (Wildman–Crippen MR) is 98.2 cm³/mol. The summed E-state index contributed by atoms with van der Waals surface area (Å²) in [6.45, 7) is 1.06. The van der Waals surface area contributed by atoms with Gasteiger partial charge in [-0.1, -0.05) is 15.9 Å². The highest BCUT2D eigenvalue weighted by Gasteiger charge is 2.15. The molecule has 1 aliphatic heterocycles. The summed E-state index contributed by atoms with van der Waals surface area (Å²) in [5.41, 5.74) is 1.69. The quantitative estimate of drug-likeness (QED) is 0.797. The third kappa shape index (κ3) is 4.43. The number of carbonyl (C=O) groups is 1. The predicted octanol–water partition coefficient (Wildman–Crippen LogP) is 3.26. The lowest BCUT2D eigenvalue weighted by Crippen LogP contribution is -2.30.